The predicted octanol–water partition coefficient (Wildman–Crippen LogP) is 1.08. The van der Waals surface area contributed by atoms with E-state index in [0.717, 1.165) is 12.0 Å². The van der Waals surface area contributed by atoms with E-state index in [0.29, 0.717) is 0 Å². The third-order valence-corrected chi connectivity index (χ3v) is 3.40. The Bertz CT molecular complexity index is 137. The molecule has 1 saturated carbocycles. The molecule has 0 aromatic rings. The minimum atomic E-state index is 0.839. The summed E-state index contributed by atoms with van der Waals surface area (Å²) in [6, 6.07) is 0.839. The lowest BCUT2D eigenvalue weighted by Crippen LogP contribution is -2.56. The van der Waals surface area contributed by atoms with E-state index in [1.807, 2.05) is 0 Å². The largest absolute Gasteiger partial charge is 0.314 e. The van der Waals surface area contributed by atoms with E-state index in [2.05, 4.69) is 17.3 Å². The highest BCUT2D eigenvalue weighted by Gasteiger charge is 2.24. The molecule has 2 rings (SSSR count). The first kappa shape index (κ1) is 8.52. The molecule has 0 aromatic carbocycles. The van der Waals surface area contributed by atoms with Gasteiger partial charge in [0, 0.05) is 25.7 Å². The lowest BCUT2D eigenvalue weighted by atomic mass is 10.1. The van der Waals surface area contributed by atoms with Gasteiger partial charge in [0.2, 0.25) is 0 Å². The first-order chi connectivity index (χ1) is 5.86. The van der Waals surface area contributed by atoms with Gasteiger partial charge in [0.15, 0.2) is 0 Å². The Morgan fingerprint density at radius 1 is 1.25 bits per heavy atom. The molecule has 2 aliphatic rings. The van der Waals surface area contributed by atoms with Gasteiger partial charge >= 0.3 is 0 Å². The fourth-order valence-corrected chi connectivity index (χ4v) is 2.33. The van der Waals surface area contributed by atoms with Crippen LogP contribution in [0.2, 0.25) is 0 Å². The summed E-state index contributed by atoms with van der Waals surface area (Å²) in [6.45, 7) is 3.76. The molecule has 0 aromatic heterocycles. The SMILES string of the molecule is CN(CC1CCCC1)C1CNC1. The Morgan fingerprint density at radius 2 is 1.92 bits per heavy atom. The number of hydrogen-bond donors (Lipinski definition) is 1. The summed E-state index contributed by atoms with van der Waals surface area (Å²) in [5.41, 5.74) is 0. The predicted molar refractivity (Wildman–Crippen MR) is 51.2 cm³/mol. The molecule has 2 fully saturated rings. The van der Waals surface area contributed by atoms with Crippen LogP contribution in [0.3, 0.4) is 0 Å². The van der Waals surface area contributed by atoms with Gasteiger partial charge in [-0.05, 0) is 25.8 Å². The zero-order valence-electron chi connectivity index (χ0n) is 8.05. The lowest BCUT2D eigenvalue weighted by molar-refractivity contribution is 0.157. The minimum Gasteiger partial charge on any atom is -0.314 e. The number of likely N-dealkylation sites (N-methyl/N-ethyl adjacent to an activating group) is 1. The Kier molecular flexibility index (Phi) is 2.66. The van der Waals surface area contributed by atoms with Crippen molar-refractivity contribution >= 4 is 0 Å². The molecule has 0 amide bonds. The summed E-state index contributed by atoms with van der Waals surface area (Å²) in [4.78, 5) is 2.55. The van der Waals surface area contributed by atoms with Gasteiger partial charge in [0.1, 0.15) is 0 Å². The van der Waals surface area contributed by atoms with Crippen molar-refractivity contribution < 1.29 is 0 Å². The monoisotopic (exact) mass is 168 g/mol. The molecule has 0 radical (unpaired) electrons. The molecule has 0 unspecified atom stereocenters. The molecule has 2 heteroatoms. The summed E-state index contributed by atoms with van der Waals surface area (Å²) >= 11 is 0. The van der Waals surface area contributed by atoms with Gasteiger partial charge in [0.25, 0.3) is 0 Å². The van der Waals surface area contributed by atoms with Crippen molar-refractivity contribution in [3.63, 3.8) is 0 Å². The number of hydrogen-bond acceptors (Lipinski definition) is 2. The normalized spacial score (nSPS) is 26.5. The van der Waals surface area contributed by atoms with Gasteiger partial charge in [-0.2, -0.15) is 0 Å². The summed E-state index contributed by atoms with van der Waals surface area (Å²) in [6.07, 6.45) is 5.90. The quantitative estimate of drug-likeness (QED) is 0.678. The van der Waals surface area contributed by atoms with Crippen molar-refractivity contribution in [2.75, 3.05) is 26.7 Å². The second-order valence-electron chi connectivity index (χ2n) is 4.40. The van der Waals surface area contributed by atoms with Gasteiger partial charge in [-0.1, -0.05) is 12.8 Å². The smallest absolute Gasteiger partial charge is 0.0342 e. The Labute approximate surface area is 75.3 Å². The molecule has 2 nitrogen and oxygen atoms in total. The van der Waals surface area contributed by atoms with Gasteiger partial charge in [-0.3, -0.25) is 0 Å². The van der Waals surface area contributed by atoms with Crippen LogP contribution in [0.5, 0.6) is 0 Å². The van der Waals surface area contributed by atoms with Crippen molar-refractivity contribution in [3.05, 3.63) is 0 Å². The summed E-state index contributed by atoms with van der Waals surface area (Å²) in [5.74, 6) is 1.01. The molecule has 1 heterocycles. The van der Waals surface area contributed by atoms with Gasteiger partial charge in [-0.25, -0.2) is 0 Å². The third kappa shape index (κ3) is 1.80. The molecule has 70 valence electrons. The topological polar surface area (TPSA) is 15.3 Å². The highest BCUT2D eigenvalue weighted by Crippen LogP contribution is 2.25. The van der Waals surface area contributed by atoms with Crippen LogP contribution in [-0.4, -0.2) is 37.6 Å². The van der Waals surface area contributed by atoms with Crippen LogP contribution in [0.4, 0.5) is 0 Å². The molecule has 1 aliphatic carbocycles. The molecule has 1 aliphatic heterocycles. The molecule has 0 bridgehead atoms. The van der Waals surface area contributed by atoms with E-state index in [-0.39, 0.29) is 0 Å². The molecular formula is C10H20N2. The fourth-order valence-electron chi connectivity index (χ4n) is 2.33. The van der Waals surface area contributed by atoms with Crippen LogP contribution in [0, 0.1) is 5.92 Å². The van der Waals surface area contributed by atoms with Crippen molar-refractivity contribution in [1.82, 2.24) is 10.2 Å². The summed E-state index contributed by atoms with van der Waals surface area (Å²) < 4.78 is 0. The van der Waals surface area contributed by atoms with E-state index >= 15 is 0 Å². The van der Waals surface area contributed by atoms with Crippen molar-refractivity contribution in [2.24, 2.45) is 5.92 Å². The molecule has 0 spiro atoms. The standard InChI is InChI=1S/C10H20N2/c1-12(10-6-11-7-10)8-9-4-2-3-5-9/h9-11H,2-8H2,1H3. The second-order valence-corrected chi connectivity index (χ2v) is 4.40. The molecular weight excluding hydrogens is 148 g/mol. The van der Waals surface area contributed by atoms with Crippen LogP contribution >= 0.6 is 0 Å². The molecule has 1 N–H and O–H groups in total. The van der Waals surface area contributed by atoms with Crippen LogP contribution in [0.25, 0.3) is 0 Å². The first-order valence-corrected chi connectivity index (χ1v) is 5.27. The highest BCUT2D eigenvalue weighted by atomic mass is 15.2. The van der Waals surface area contributed by atoms with Crippen LogP contribution in [0.15, 0.2) is 0 Å². The Hall–Kier alpha value is -0.0800. The van der Waals surface area contributed by atoms with Gasteiger partial charge in [0.05, 0.1) is 0 Å². The Morgan fingerprint density at radius 3 is 2.42 bits per heavy atom. The van der Waals surface area contributed by atoms with Crippen molar-refractivity contribution in [1.29, 1.82) is 0 Å². The van der Waals surface area contributed by atoms with Crippen LogP contribution < -0.4 is 5.32 Å². The zero-order valence-corrected chi connectivity index (χ0v) is 8.05. The molecule has 1 saturated heterocycles. The van der Waals surface area contributed by atoms with E-state index in [4.69, 9.17) is 0 Å². The number of rotatable bonds is 3. The third-order valence-electron chi connectivity index (χ3n) is 3.40. The average Bonchev–Trinajstić information content (AvgIpc) is 2.34. The van der Waals surface area contributed by atoms with Crippen LogP contribution in [-0.2, 0) is 0 Å². The van der Waals surface area contributed by atoms with E-state index in [9.17, 15) is 0 Å². The lowest BCUT2D eigenvalue weighted by Gasteiger charge is -2.36. The fraction of sp³-hybridized carbons (Fsp3) is 1.00. The van der Waals surface area contributed by atoms with Gasteiger partial charge in [-0.15, -0.1) is 0 Å². The van der Waals surface area contributed by atoms with E-state index < -0.39 is 0 Å². The van der Waals surface area contributed by atoms with Crippen LogP contribution in [0.1, 0.15) is 25.7 Å². The summed E-state index contributed by atoms with van der Waals surface area (Å²) in [5, 5.41) is 3.33. The zero-order chi connectivity index (χ0) is 8.39. The average molecular weight is 168 g/mol. The van der Waals surface area contributed by atoms with E-state index in [1.165, 1.54) is 45.3 Å². The second kappa shape index (κ2) is 3.75. The van der Waals surface area contributed by atoms with E-state index in [1.54, 1.807) is 0 Å². The van der Waals surface area contributed by atoms with Crippen molar-refractivity contribution in [2.45, 2.75) is 31.7 Å². The maximum absolute atomic E-state index is 3.33. The van der Waals surface area contributed by atoms with Gasteiger partial charge < -0.3 is 10.2 Å². The maximum Gasteiger partial charge on any atom is 0.0342 e. The highest BCUT2D eigenvalue weighted by molar-refractivity contribution is 4.84. The molecule has 0 atom stereocenters. The van der Waals surface area contributed by atoms with Crippen molar-refractivity contribution in [3.8, 4) is 0 Å². The Balaban J connectivity index is 1.69. The molecule has 12 heavy (non-hydrogen) atoms. The number of nitrogens with zero attached hydrogens (tertiary/aromatic N) is 1. The maximum atomic E-state index is 3.33. The first-order valence-electron chi connectivity index (χ1n) is 5.27. The minimum absolute atomic E-state index is 0.839. The summed E-state index contributed by atoms with van der Waals surface area (Å²) in [7, 11) is 2.28. The number of nitrogens with one attached hydrogen (secondary N) is 1.